The van der Waals surface area contributed by atoms with E-state index in [0.29, 0.717) is 12.0 Å². The predicted molar refractivity (Wildman–Crippen MR) is 75.5 cm³/mol. The van der Waals surface area contributed by atoms with E-state index < -0.39 is 14.6 Å². The molecule has 0 aromatic carbocycles. The fourth-order valence-electron chi connectivity index (χ4n) is 4.02. The lowest BCUT2D eigenvalue weighted by Crippen LogP contribution is -2.61. The zero-order valence-corrected chi connectivity index (χ0v) is 12.6. The summed E-state index contributed by atoms with van der Waals surface area (Å²) in [6, 6.07) is 0. The Kier molecular flexibility index (Phi) is 4.07. The van der Waals surface area contributed by atoms with Gasteiger partial charge in [-0.15, -0.1) is 0 Å². The highest BCUT2D eigenvalue weighted by Gasteiger charge is 2.58. The minimum absolute atomic E-state index is 0.356. The molecule has 0 bridgehead atoms. The maximum absolute atomic E-state index is 12.1. The number of rotatable bonds is 4. The van der Waals surface area contributed by atoms with Crippen LogP contribution in [0.1, 0.15) is 58.3 Å². The largest absolute Gasteiger partial charge is 0.315 e. The lowest BCUT2D eigenvalue weighted by molar-refractivity contribution is 0.0561. The molecule has 2 fully saturated rings. The van der Waals surface area contributed by atoms with Gasteiger partial charge < -0.3 is 5.32 Å². The highest BCUT2D eigenvalue weighted by molar-refractivity contribution is 7.92. The summed E-state index contributed by atoms with van der Waals surface area (Å²) >= 11 is 0. The second-order valence-corrected chi connectivity index (χ2v) is 8.91. The van der Waals surface area contributed by atoms with Gasteiger partial charge in [0.15, 0.2) is 9.84 Å². The third-order valence-electron chi connectivity index (χ3n) is 5.04. The van der Waals surface area contributed by atoms with E-state index in [4.69, 9.17) is 0 Å². The third kappa shape index (κ3) is 2.60. The van der Waals surface area contributed by atoms with Gasteiger partial charge >= 0.3 is 0 Å². The molecular weight excluding hydrogens is 246 g/mol. The highest BCUT2D eigenvalue weighted by atomic mass is 32.2. The van der Waals surface area contributed by atoms with E-state index in [9.17, 15) is 8.42 Å². The smallest absolute Gasteiger partial charge is 0.154 e. The molecule has 0 atom stereocenters. The fraction of sp³-hybridized carbons (Fsp3) is 1.00. The van der Waals surface area contributed by atoms with Crippen molar-refractivity contribution in [1.29, 1.82) is 0 Å². The van der Waals surface area contributed by atoms with Gasteiger partial charge in [0.2, 0.25) is 0 Å². The van der Waals surface area contributed by atoms with Crippen LogP contribution in [-0.2, 0) is 9.84 Å². The van der Waals surface area contributed by atoms with Crippen molar-refractivity contribution >= 4 is 9.84 Å². The van der Waals surface area contributed by atoms with Crippen LogP contribution >= 0.6 is 0 Å². The Bertz CT molecular complexity index is 373. The number of nitrogens with one attached hydrogen (secondary N) is 1. The van der Waals surface area contributed by atoms with E-state index in [1.807, 2.05) is 6.92 Å². The first-order valence-corrected chi connectivity index (χ1v) is 9.23. The molecule has 1 spiro atoms. The Morgan fingerprint density at radius 1 is 1.06 bits per heavy atom. The number of hydrogen-bond donors (Lipinski definition) is 1. The van der Waals surface area contributed by atoms with Gasteiger partial charge in [-0.2, -0.15) is 0 Å². The second-order valence-electron chi connectivity index (χ2n) is 6.50. The zero-order valence-electron chi connectivity index (χ0n) is 11.8. The lowest BCUT2D eigenvalue weighted by Gasteiger charge is -2.55. The van der Waals surface area contributed by atoms with Crippen molar-refractivity contribution in [3.05, 3.63) is 0 Å². The molecule has 2 aliphatic rings. The first-order chi connectivity index (χ1) is 8.43. The molecule has 18 heavy (non-hydrogen) atoms. The molecule has 0 aromatic rings. The quantitative estimate of drug-likeness (QED) is 0.856. The predicted octanol–water partition coefficient (Wildman–Crippen LogP) is 2.51. The molecule has 1 N–H and O–H groups in total. The van der Waals surface area contributed by atoms with Crippen LogP contribution in [0.5, 0.6) is 0 Å². The highest BCUT2D eigenvalue weighted by Crippen LogP contribution is 2.58. The van der Waals surface area contributed by atoms with Gasteiger partial charge in [0.1, 0.15) is 0 Å². The van der Waals surface area contributed by atoms with Gasteiger partial charge in [0.25, 0.3) is 0 Å². The third-order valence-corrected chi connectivity index (χ3v) is 7.05. The van der Waals surface area contributed by atoms with Crippen LogP contribution in [0.4, 0.5) is 0 Å². The van der Waals surface area contributed by atoms with Crippen LogP contribution in [0.25, 0.3) is 0 Å². The monoisotopic (exact) mass is 273 g/mol. The van der Waals surface area contributed by atoms with Crippen LogP contribution in [-0.4, -0.2) is 32.5 Å². The molecule has 0 saturated heterocycles. The maximum atomic E-state index is 12.1. The van der Waals surface area contributed by atoms with Crippen molar-refractivity contribution in [2.24, 2.45) is 5.41 Å². The van der Waals surface area contributed by atoms with Gasteiger partial charge in [0.05, 0.1) is 4.75 Å². The summed E-state index contributed by atoms with van der Waals surface area (Å²) in [5.74, 6) is 0. The maximum Gasteiger partial charge on any atom is 0.154 e. The Labute approximate surface area is 112 Å². The Hall–Kier alpha value is -0.0900. The van der Waals surface area contributed by atoms with E-state index in [2.05, 4.69) is 5.32 Å². The van der Waals surface area contributed by atoms with E-state index in [-0.39, 0.29) is 0 Å². The molecular formula is C14H27NO2S. The lowest BCUT2D eigenvalue weighted by atomic mass is 9.57. The van der Waals surface area contributed by atoms with Gasteiger partial charge in [-0.05, 0) is 37.6 Å². The van der Waals surface area contributed by atoms with Crippen molar-refractivity contribution in [3.8, 4) is 0 Å². The molecule has 0 amide bonds. The Balaban J connectivity index is 2.08. The number of sulfone groups is 1. The summed E-state index contributed by atoms with van der Waals surface area (Å²) in [6.45, 7) is 3.53. The van der Waals surface area contributed by atoms with Gasteiger partial charge in [-0.25, -0.2) is 8.42 Å². The second kappa shape index (κ2) is 5.12. The first-order valence-electron chi connectivity index (χ1n) is 7.33. The van der Waals surface area contributed by atoms with Crippen molar-refractivity contribution < 1.29 is 8.42 Å². The summed E-state index contributed by atoms with van der Waals surface area (Å²) in [4.78, 5) is 0. The molecule has 0 unspecified atom stereocenters. The Morgan fingerprint density at radius 3 is 2.06 bits per heavy atom. The van der Waals surface area contributed by atoms with E-state index >= 15 is 0 Å². The van der Waals surface area contributed by atoms with E-state index in [0.717, 1.165) is 19.4 Å². The molecule has 0 aliphatic heterocycles. The van der Waals surface area contributed by atoms with E-state index in [1.54, 1.807) is 0 Å². The summed E-state index contributed by atoms with van der Waals surface area (Å²) in [5.41, 5.74) is 0.356. The molecule has 4 heteroatoms. The average Bonchev–Trinajstić information content (AvgIpc) is 2.48. The topological polar surface area (TPSA) is 46.2 Å². The van der Waals surface area contributed by atoms with Crippen LogP contribution < -0.4 is 5.32 Å². The summed E-state index contributed by atoms with van der Waals surface area (Å²) in [7, 11) is -2.95. The number of hydrogen-bond acceptors (Lipinski definition) is 3. The standard InChI is InChI=1S/C14H27NO2S/c1-3-15-12-14(18(2,16)17)10-13(11-14)8-6-4-5-7-9-13/h15H,3-12H2,1-2H3. The van der Waals surface area contributed by atoms with Crippen LogP contribution in [0.15, 0.2) is 0 Å². The van der Waals surface area contributed by atoms with Crippen molar-refractivity contribution in [1.82, 2.24) is 5.32 Å². The minimum atomic E-state index is -2.95. The normalized spacial score (nSPS) is 26.6. The van der Waals surface area contributed by atoms with Gasteiger partial charge in [0, 0.05) is 12.8 Å². The van der Waals surface area contributed by atoms with Crippen LogP contribution in [0.3, 0.4) is 0 Å². The van der Waals surface area contributed by atoms with E-state index in [1.165, 1.54) is 44.8 Å². The minimum Gasteiger partial charge on any atom is -0.315 e. The summed E-state index contributed by atoms with van der Waals surface area (Å²) < 4.78 is 23.8. The first kappa shape index (κ1) is 14.3. The SMILES string of the molecule is CCNCC1(S(C)(=O)=O)CC2(CCCCCC2)C1. The fourth-order valence-corrected chi connectivity index (χ4v) is 5.52. The van der Waals surface area contributed by atoms with Crippen molar-refractivity contribution in [2.45, 2.75) is 63.0 Å². The molecule has 0 radical (unpaired) electrons. The molecule has 106 valence electrons. The van der Waals surface area contributed by atoms with Crippen LogP contribution in [0, 0.1) is 5.41 Å². The molecule has 2 rings (SSSR count). The van der Waals surface area contributed by atoms with Crippen LogP contribution in [0.2, 0.25) is 0 Å². The molecule has 0 heterocycles. The summed E-state index contributed by atoms with van der Waals surface area (Å²) in [5, 5.41) is 3.26. The van der Waals surface area contributed by atoms with Gasteiger partial charge in [-0.3, -0.25) is 0 Å². The molecule has 3 nitrogen and oxygen atoms in total. The van der Waals surface area contributed by atoms with Gasteiger partial charge in [-0.1, -0.05) is 32.6 Å². The zero-order chi connectivity index (χ0) is 13.3. The average molecular weight is 273 g/mol. The molecule has 0 aromatic heterocycles. The Morgan fingerprint density at radius 2 is 1.61 bits per heavy atom. The summed E-state index contributed by atoms with van der Waals surface area (Å²) in [6.07, 6.45) is 11.0. The van der Waals surface area contributed by atoms with Crippen molar-refractivity contribution in [3.63, 3.8) is 0 Å². The molecule has 2 saturated carbocycles. The molecule has 2 aliphatic carbocycles. The van der Waals surface area contributed by atoms with Crippen molar-refractivity contribution in [2.75, 3.05) is 19.3 Å².